The molecule has 0 saturated heterocycles. The average Bonchev–Trinajstić information content (AvgIpc) is 3.16. The molecule has 1 N–H and O–H groups in total. The second-order valence-corrected chi connectivity index (χ2v) is 8.11. The largest absolute Gasteiger partial charge is 0.485 e. The molecule has 0 fully saturated rings. The first-order chi connectivity index (χ1) is 13.6. The summed E-state index contributed by atoms with van der Waals surface area (Å²) >= 11 is 1.75. The molecule has 1 amide bonds. The van der Waals surface area contributed by atoms with E-state index in [9.17, 15) is 4.79 Å². The van der Waals surface area contributed by atoms with Crippen molar-refractivity contribution in [2.24, 2.45) is 0 Å². The molecule has 0 aliphatic carbocycles. The van der Waals surface area contributed by atoms with Gasteiger partial charge in [-0.3, -0.25) is 10.1 Å². The quantitative estimate of drug-likeness (QED) is 0.651. The van der Waals surface area contributed by atoms with Crippen LogP contribution in [0.15, 0.2) is 57.8 Å². The fourth-order valence-corrected chi connectivity index (χ4v) is 3.60. The van der Waals surface area contributed by atoms with Crippen LogP contribution in [0.1, 0.15) is 13.8 Å². The van der Waals surface area contributed by atoms with Gasteiger partial charge in [0.05, 0.1) is 0 Å². The molecule has 8 heteroatoms. The summed E-state index contributed by atoms with van der Waals surface area (Å²) in [4.78, 5) is 13.6. The predicted octanol–water partition coefficient (Wildman–Crippen LogP) is 4.02. The Labute approximate surface area is 166 Å². The SMILES string of the molecule is CC(C)Sc1cccc(-c2nnc(NC(=O)C3COc4ccccc4O3)o2)c1. The summed E-state index contributed by atoms with van der Waals surface area (Å²) in [6.07, 6.45) is -0.795. The third-order valence-corrected chi connectivity index (χ3v) is 4.91. The lowest BCUT2D eigenvalue weighted by molar-refractivity contribution is -0.125. The van der Waals surface area contributed by atoms with Gasteiger partial charge in [0.1, 0.15) is 6.61 Å². The van der Waals surface area contributed by atoms with Gasteiger partial charge in [-0.15, -0.1) is 16.9 Å². The molecule has 1 aliphatic rings. The van der Waals surface area contributed by atoms with E-state index in [0.29, 0.717) is 22.6 Å². The summed E-state index contributed by atoms with van der Waals surface area (Å²) in [5.41, 5.74) is 0.796. The molecule has 1 aliphatic heterocycles. The molecule has 28 heavy (non-hydrogen) atoms. The number of nitrogens with one attached hydrogen (secondary N) is 1. The van der Waals surface area contributed by atoms with Crippen LogP contribution >= 0.6 is 11.8 Å². The first-order valence-electron chi connectivity index (χ1n) is 8.88. The number of benzene rings is 2. The van der Waals surface area contributed by atoms with Crippen LogP contribution in [0.25, 0.3) is 11.5 Å². The second-order valence-electron chi connectivity index (χ2n) is 6.46. The van der Waals surface area contributed by atoms with Gasteiger partial charge in [0, 0.05) is 15.7 Å². The number of ether oxygens (including phenoxy) is 2. The van der Waals surface area contributed by atoms with E-state index in [0.717, 1.165) is 10.5 Å². The Kier molecular flexibility index (Phi) is 5.21. The van der Waals surface area contributed by atoms with Crippen molar-refractivity contribution in [1.29, 1.82) is 0 Å². The van der Waals surface area contributed by atoms with Crippen molar-refractivity contribution in [2.45, 2.75) is 30.1 Å². The molecule has 1 aromatic heterocycles. The number of nitrogens with zero attached hydrogens (tertiary/aromatic N) is 2. The number of carbonyl (C=O) groups excluding carboxylic acids is 1. The number of thioether (sulfide) groups is 1. The van der Waals surface area contributed by atoms with Crippen LogP contribution in [-0.2, 0) is 4.79 Å². The van der Waals surface area contributed by atoms with Crippen molar-refractivity contribution in [3.63, 3.8) is 0 Å². The van der Waals surface area contributed by atoms with E-state index in [1.807, 2.05) is 36.4 Å². The summed E-state index contributed by atoms with van der Waals surface area (Å²) in [5.74, 6) is 1.08. The third kappa shape index (κ3) is 4.12. The summed E-state index contributed by atoms with van der Waals surface area (Å²) < 4.78 is 16.8. The van der Waals surface area contributed by atoms with Gasteiger partial charge in [-0.2, -0.15) is 0 Å². The van der Waals surface area contributed by atoms with Crippen LogP contribution in [0.5, 0.6) is 11.5 Å². The van der Waals surface area contributed by atoms with E-state index >= 15 is 0 Å². The van der Waals surface area contributed by atoms with Gasteiger partial charge in [0.2, 0.25) is 12.0 Å². The Bertz CT molecular complexity index is 989. The molecule has 0 spiro atoms. The van der Waals surface area contributed by atoms with Gasteiger partial charge in [-0.25, -0.2) is 0 Å². The van der Waals surface area contributed by atoms with Crippen LogP contribution in [-0.4, -0.2) is 34.1 Å². The number of anilines is 1. The maximum Gasteiger partial charge on any atom is 0.322 e. The Balaban J connectivity index is 1.43. The van der Waals surface area contributed by atoms with Gasteiger partial charge in [0.25, 0.3) is 5.91 Å². The molecule has 3 aromatic rings. The van der Waals surface area contributed by atoms with E-state index in [4.69, 9.17) is 13.9 Å². The maximum absolute atomic E-state index is 12.5. The number of carbonyl (C=O) groups is 1. The number of rotatable bonds is 5. The highest BCUT2D eigenvalue weighted by atomic mass is 32.2. The van der Waals surface area contributed by atoms with Crippen LogP contribution in [0.3, 0.4) is 0 Å². The number of fused-ring (bicyclic) bond motifs is 1. The molecular formula is C20H19N3O4S. The first-order valence-corrected chi connectivity index (χ1v) is 9.76. The molecule has 4 rings (SSSR count). The Morgan fingerprint density at radius 2 is 1.96 bits per heavy atom. The molecule has 1 atom stereocenters. The zero-order chi connectivity index (χ0) is 19.5. The smallest absolute Gasteiger partial charge is 0.322 e. The van der Waals surface area contributed by atoms with Crippen molar-refractivity contribution in [2.75, 3.05) is 11.9 Å². The van der Waals surface area contributed by atoms with Crippen molar-refractivity contribution in [1.82, 2.24) is 10.2 Å². The normalized spacial score (nSPS) is 15.5. The van der Waals surface area contributed by atoms with Crippen LogP contribution in [0.4, 0.5) is 6.01 Å². The van der Waals surface area contributed by atoms with Gasteiger partial charge < -0.3 is 13.9 Å². The molecule has 144 valence electrons. The Morgan fingerprint density at radius 3 is 2.79 bits per heavy atom. The number of amides is 1. The maximum atomic E-state index is 12.5. The van der Waals surface area contributed by atoms with Crippen LogP contribution in [0, 0.1) is 0 Å². The van der Waals surface area contributed by atoms with Gasteiger partial charge >= 0.3 is 6.01 Å². The third-order valence-electron chi connectivity index (χ3n) is 3.91. The number of hydrogen-bond acceptors (Lipinski definition) is 7. The molecule has 2 heterocycles. The molecule has 7 nitrogen and oxygen atoms in total. The first kappa shape index (κ1) is 18.4. The number of hydrogen-bond donors (Lipinski definition) is 1. The highest BCUT2D eigenvalue weighted by Gasteiger charge is 2.28. The van der Waals surface area contributed by atoms with Gasteiger partial charge in [-0.05, 0) is 30.3 Å². The zero-order valence-corrected chi connectivity index (χ0v) is 16.2. The Morgan fingerprint density at radius 1 is 1.14 bits per heavy atom. The topological polar surface area (TPSA) is 86.5 Å². The van der Waals surface area contributed by atoms with Crippen molar-refractivity contribution < 1.29 is 18.7 Å². The van der Waals surface area contributed by atoms with Crippen molar-refractivity contribution in [3.8, 4) is 23.0 Å². The van der Waals surface area contributed by atoms with E-state index in [-0.39, 0.29) is 12.6 Å². The summed E-state index contributed by atoms with van der Waals surface area (Å²) in [7, 11) is 0. The van der Waals surface area contributed by atoms with E-state index in [1.165, 1.54) is 0 Å². The molecule has 2 aromatic carbocycles. The summed E-state index contributed by atoms with van der Waals surface area (Å²) in [6, 6.07) is 15.1. The van der Waals surface area contributed by atoms with Gasteiger partial charge in [0.15, 0.2) is 11.5 Å². The lowest BCUT2D eigenvalue weighted by Crippen LogP contribution is -2.40. The summed E-state index contributed by atoms with van der Waals surface area (Å²) in [5, 5.41) is 11.0. The molecule has 0 saturated carbocycles. The molecule has 0 bridgehead atoms. The zero-order valence-electron chi connectivity index (χ0n) is 15.4. The van der Waals surface area contributed by atoms with E-state index < -0.39 is 12.0 Å². The summed E-state index contributed by atoms with van der Waals surface area (Å²) in [6.45, 7) is 4.37. The van der Waals surface area contributed by atoms with Crippen LogP contribution < -0.4 is 14.8 Å². The molecule has 1 unspecified atom stereocenters. The predicted molar refractivity (Wildman–Crippen MR) is 106 cm³/mol. The lowest BCUT2D eigenvalue weighted by atomic mass is 10.2. The van der Waals surface area contributed by atoms with Crippen molar-refractivity contribution in [3.05, 3.63) is 48.5 Å². The Hall–Kier alpha value is -3.00. The van der Waals surface area contributed by atoms with Crippen molar-refractivity contribution >= 4 is 23.7 Å². The second kappa shape index (κ2) is 7.93. The lowest BCUT2D eigenvalue weighted by Gasteiger charge is -2.24. The fraction of sp³-hybridized carbons (Fsp3) is 0.250. The van der Waals surface area contributed by atoms with Gasteiger partial charge in [-0.1, -0.05) is 37.1 Å². The van der Waals surface area contributed by atoms with Crippen LogP contribution in [0.2, 0.25) is 0 Å². The highest BCUT2D eigenvalue weighted by molar-refractivity contribution is 7.99. The standard InChI is InChI=1S/C20H19N3O4S/c1-12(2)28-14-7-5-6-13(10-14)19-22-23-20(27-19)21-18(24)17-11-25-15-8-3-4-9-16(15)26-17/h3-10,12,17H,11H2,1-2H3,(H,21,23,24). The van der Waals surface area contributed by atoms with E-state index in [1.54, 1.807) is 23.9 Å². The number of aromatic nitrogens is 2. The number of para-hydroxylation sites is 2. The molecule has 0 radical (unpaired) electrons. The minimum atomic E-state index is -0.795. The highest BCUT2D eigenvalue weighted by Crippen LogP contribution is 2.31. The fourth-order valence-electron chi connectivity index (χ4n) is 2.70. The minimum Gasteiger partial charge on any atom is -0.485 e. The van der Waals surface area contributed by atoms with E-state index in [2.05, 4.69) is 29.4 Å². The minimum absolute atomic E-state index is 0.0179. The monoisotopic (exact) mass is 397 g/mol. The molecular weight excluding hydrogens is 378 g/mol. The average molecular weight is 397 g/mol.